The van der Waals surface area contributed by atoms with E-state index in [1.54, 1.807) is 66.7 Å². The molecular formula is C23H19N3O3S. The first-order valence-corrected chi connectivity index (χ1v) is 10.4. The summed E-state index contributed by atoms with van der Waals surface area (Å²) < 4.78 is 27.3. The van der Waals surface area contributed by atoms with Crippen molar-refractivity contribution in [3.8, 4) is 11.8 Å². The van der Waals surface area contributed by atoms with Gasteiger partial charge in [-0.05, 0) is 48.5 Å². The van der Waals surface area contributed by atoms with E-state index < -0.39 is 10.0 Å². The Labute approximate surface area is 175 Å². The van der Waals surface area contributed by atoms with Crippen molar-refractivity contribution in [3.63, 3.8) is 0 Å². The molecule has 0 aromatic heterocycles. The Morgan fingerprint density at radius 3 is 2.43 bits per heavy atom. The molecule has 0 atom stereocenters. The molecule has 6 nitrogen and oxygen atoms in total. The summed E-state index contributed by atoms with van der Waals surface area (Å²) in [5.41, 5.74) is 7.77. The van der Waals surface area contributed by atoms with Gasteiger partial charge in [0.05, 0.1) is 22.0 Å². The standard InChI is InChI=1S/C23H19N3O3S/c24-21-14-5-6-15-22(21)25-23(27)16-7-4-9-18-10-8-11-19(17-18)26-30(28,29)20-12-2-1-3-13-20/h1-3,5-8,10-17,26H,24H2,(H,25,27)/b16-7+. The number of benzene rings is 3. The van der Waals surface area contributed by atoms with Crippen LogP contribution in [0.2, 0.25) is 0 Å². The van der Waals surface area contributed by atoms with Gasteiger partial charge in [-0.3, -0.25) is 9.52 Å². The second-order valence-electron chi connectivity index (χ2n) is 6.18. The first-order valence-electron chi connectivity index (χ1n) is 8.95. The highest BCUT2D eigenvalue weighted by Gasteiger charge is 2.13. The smallest absolute Gasteiger partial charge is 0.261 e. The average molecular weight is 417 g/mol. The van der Waals surface area contributed by atoms with Gasteiger partial charge in [-0.2, -0.15) is 0 Å². The summed E-state index contributed by atoms with van der Waals surface area (Å²) in [5, 5.41) is 2.66. The third kappa shape index (κ3) is 5.74. The second kappa shape index (κ2) is 9.45. The van der Waals surface area contributed by atoms with Crippen molar-refractivity contribution in [1.29, 1.82) is 0 Å². The van der Waals surface area contributed by atoms with Gasteiger partial charge in [-0.1, -0.05) is 48.2 Å². The van der Waals surface area contributed by atoms with Gasteiger partial charge in [0.1, 0.15) is 0 Å². The molecule has 150 valence electrons. The van der Waals surface area contributed by atoms with E-state index in [2.05, 4.69) is 21.9 Å². The molecule has 0 bridgehead atoms. The van der Waals surface area contributed by atoms with Crippen LogP contribution in [0.1, 0.15) is 5.56 Å². The van der Waals surface area contributed by atoms with Crippen LogP contribution in [0.25, 0.3) is 0 Å². The molecular weight excluding hydrogens is 398 g/mol. The predicted octanol–water partition coefficient (Wildman–Crippen LogP) is 3.62. The number of anilines is 3. The van der Waals surface area contributed by atoms with Gasteiger partial charge in [0.2, 0.25) is 5.91 Å². The van der Waals surface area contributed by atoms with Gasteiger partial charge in [0.15, 0.2) is 0 Å². The maximum atomic E-state index is 12.4. The second-order valence-corrected chi connectivity index (χ2v) is 7.86. The largest absolute Gasteiger partial charge is 0.397 e. The molecule has 0 fully saturated rings. The molecule has 3 aromatic carbocycles. The number of para-hydroxylation sites is 2. The van der Waals surface area contributed by atoms with Crippen molar-refractivity contribution in [2.24, 2.45) is 0 Å². The van der Waals surface area contributed by atoms with E-state index in [1.807, 2.05) is 0 Å². The lowest BCUT2D eigenvalue weighted by molar-refractivity contribution is -0.111. The van der Waals surface area contributed by atoms with Crippen LogP contribution in [0.15, 0.2) is 95.9 Å². The molecule has 0 radical (unpaired) electrons. The molecule has 0 unspecified atom stereocenters. The fourth-order valence-electron chi connectivity index (χ4n) is 2.50. The molecule has 3 aromatic rings. The maximum absolute atomic E-state index is 12.4. The molecule has 0 heterocycles. The molecule has 0 spiro atoms. The van der Waals surface area contributed by atoms with E-state index in [0.717, 1.165) is 0 Å². The number of allylic oxidation sites excluding steroid dienone is 1. The number of carbonyl (C=O) groups is 1. The minimum atomic E-state index is -3.68. The predicted molar refractivity (Wildman–Crippen MR) is 119 cm³/mol. The van der Waals surface area contributed by atoms with Crippen LogP contribution in [-0.4, -0.2) is 14.3 Å². The molecule has 0 saturated carbocycles. The molecule has 1 amide bonds. The van der Waals surface area contributed by atoms with Gasteiger partial charge < -0.3 is 11.1 Å². The van der Waals surface area contributed by atoms with Crippen molar-refractivity contribution < 1.29 is 13.2 Å². The van der Waals surface area contributed by atoms with Crippen molar-refractivity contribution in [1.82, 2.24) is 0 Å². The number of hydrogen-bond donors (Lipinski definition) is 3. The van der Waals surface area contributed by atoms with Crippen LogP contribution in [0.5, 0.6) is 0 Å². The summed E-state index contributed by atoms with van der Waals surface area (Å²) >= 11 is 0. The first-order chi connectivity index (χ1) is 14.4. The van der Waals surface area contributed by atoms with E-state index in [1.165, 1.54) is 24.3 Å². The number of carbonyl (C=O) groups excluding carboxylic acids is 1. The van der Waals surface area contributed by atoms with Crippen LogP contribution < -0.4 is 15.8 Å². The first kappa shape index (κ1) is 20.7. The lowest BCUT2D eigenvalue weighted by Gasteiger charge is -2.08. The molecule has 7 heteroatoms. The third-order valence-corrected chi connectivity index (χ3v) is 5.32. The van der Waals surface area contributed by atoms with Gasteiger partial charge in [0.25, 0.3) is 10.0 Å². The highest BCUT2D eigenvalue weighted by Crippen LogP contribution is 2.17. The molecule has 30 heavy (non-hydrogen) atoms. The monoisotopic (exact) mass is 417 g/mol. The molecule has 0 aliphatic carbocycles. The van der Waals surface area contributed by atoms with E-state index in [-0.39, 0.29) is 10.8 Å². The maximum Gasteiger partial charge on any atom is 0.261 e. The quantitative estimate of drug-likeness (QED) is 0.335. The lowest BCUT2D eigenvalue weighted by atomic mass is 10.2. The lowest BCUT2D eigenvalue weighted by Crippen LogP contribution is -2.12. The van der Waals surface area contributed by atoms with Crippen LogP contribution in [0.3, 0.4) is 0 Å². The third-order valence-electron chi connectivity index (χ3n) is 3.92. The summed E-state index contributed by atoms with van der Waals surface area (Å²) in [6.07, 6.45) is 2.71. The Bertz CT molecular complexity index is 1240. The molecule has 0 aliphatic rings. The fraction of sp³-hybridized carbons (Fsp3) is 0. The van der Waals surface area contributed by atoms with Gasteiger partial charge in [-0.25, -0.2) is 8.42 Å². The number of nitrogens with two attached hydrogens (primary N) is 1. The van der Waals surface area contributed by atoms with Gasteiger partial charge in [0, 0.05) is 11.6 Å². The van der Waals surface area contributed by atoms with E-state index >= 15 is 0 Å². The Balaban J connectivity index is 1.65. The van der Waals surface area contributed by atoms with Crippen molar-refractivity contribution in [2.45, 2.75) is 4.90 Å². The molecule has 3 rings (SSSR count). The van der Waals surface area contributed by atoms with E-state index in [0.29, 0.717) is 22.6 Å². The van der Waals surface area contributed by atoms with Gasteiger partial charge >= 0.3 is 0 Å². The van der Waals surface area contributed by atoms with Gasteiger partial charge in [-0.15, -0.1) is 0 Å². The zero-order chi connectivity index (χ0) is 21.4. The Hall–Kier alpha value is -4.02. The van der Waals surface area contributed by atoms with Crippen molar-refractivity contribution in [3.05, 3.63) is 96.6 Å². The summed E-state index contributed by atoms with van der Waals surface area (Å²) in [7, 11) is -3.68. The summed E-state index contributed by atoms with van der Waals surface area (Å²) in [4.78, 5) is 12.1. The zero-order valence-electron chi connectivity index (χ0n) is 15.9. The van der Waals surface area contributed by atoms with Crippen LogP contribution >= 0.6 is 0 Å². The summed E-state index contributed by atoms with van der Waals surface area (Å²) in [5.74, 6) is 5.26. The Kier molecular flexibility index (Phi) is 6.53. The number of nitrogens with one attached hydrogen (secondary N) is 2. The highest BCUT2D eigenvalue weighted by atomic mass is 32.2. The van der Waals surface area contributed by atoms with Crippen molar-refractivity contribution >= 4 is 33.0 Å². The molecule has 0 saturated heterocycles. The van der Waals surface area contributed by atoms with Crippen molar-refractivity contribution in [2.75, 3.05) is 15.8 Å². The number of amides is 1. The zero-order valence-corrected chi connectivity index (χ0v) is 16.7. The number of hydrogen-bond acceptors (Lipinski definition) is 4. The Morgan fingerprint density at radius 2 is 1.67 bits per heavy atom. The normalized spacial score (nSPS) is 10.8. The van der Waals surface area contributed by atoms with Crippen LogP contribution in [-0.2, 0) is 14.8 Å². The SMILES string of the molecule is Nc1ccccc1NC(=O)/C=C/C#Cc1cccc(NS(=O)(=O)c2ccccc2)c1. The topological polar surface area (TPSA) is 101 Å². The highest BCUT2D eigenvalue weighted by molar-refractivity contribution is 7.92. The number of rotatable bonds is 5. The fourth-order valence-corrected chi connectivity index (χ4v) is 3.57. The summed E-state index contributed by atoms with van der Waals surface area (Å²) in [6, 6.07) is 21.7. The summed E-state index contributed by atoms with van der Waals surface area (Å²) in [6.45, 7) is 0. The minimum Gasteiger partial charge on any atom is -0.397 e. The van der Waals surface area contributed by atoms with E-state index in [9.17, 15) is 13.2 Å². The average Bonchev–Trinajstić information content (AvgIpc) is 2.74. The number of sulfonamides is 1. The van der Waals surface area contributed by atoms with Crippen LogP contribution in [0.4, 0.5) is 17.1 Å². The van der Waals surface area contributed by atoms with E-state index in [4.69, 9.17) is 5.73 Å². The minimum absolute atomic E-state index is 0.175. The number of nitrogen functional groups attached to an aromatic ring is 1. The molecule has 4 N–H and O–H groups in total. The molecule has 0 aliphatic heterocycles. The Morgan fingerprint density at radius 1 is 0.933 bits per heavy atom. The van der Waals surface area contributed by atoms with Crippen LogP contribution in [0, 0.1) is 11.8 Å².